The summed E-state index contributed by atoms with van der Waals surface area (Å²) in [6.45, 7) is 2.97. The number of anilines is 3. The van der Waals surface area contributed by atoms with E-state index in [4.69, 9.17) is 27.9 Å². The highest BCUT2D eigenvalue weighted by Gasteiger charge is 2.13. The third-order valence-corrected chi connectivity index (χ3v) is 3.44. The summed E-state index contributed by atoms with van der Waals surface area (Å²) in [5.41, 5.74) is 0.716. The number of morpholine rings is 1. The fourth-order valence-corrected chi connectivity index (χ4v) is 2.57. The van der Waals surface area contributed by atoms with Crippen LogP contribution in [0.4, 0.5) is 17.5 Å². The van der Waals surface area contributed by atoms with E-state index in [-0.39, 0.29) is 0 Å². The molecule has 0 bridgehead atoms. The van der Waals surface area contributed by atoms with Gasteiger partial charge in [0.05, 0.1) is 19.4 Å². The Kier molecular flexibility index (Phi) is 4.38. The van der Waals surface area contributed by atoms with E-state index >= 15 is 0 Å². The standard InChI is InChI=1S/C13H13Cl2N5O/c14-9-5-10(15)7-11(6-9)17-13-18-12(8-16-19-13)20-1-3-21-4-2-20/h5-8H,1-4H2,(H,17,18,19). The molecule has 1 aliphatic heterocycles. The third-order valence-electron chi connectivity index (χ3n) is 3.00. The van der Waals surface area contributed by atoms with Gasteiger partial charge in [-0.15, -0.1) is 5.10 Å². The van der Waals surface area contributed by atoms with Crippen molar-refractivity contribution < 1.29 is 4.74 Å². The number of halogens is 2. The Hall–Kier alpha value is -1.63. The molecular formula is C13H13Cl2N5O. The number of hydrogen-bond donors (Lipinski definition) is 1. The molecule has 0 spiro atoms. The van der Waals surface area contributed by atoms with Crippen LogP contribution in [0.3, 0.4) is 0 Å². The van der Waals surface area contributed by atoms with Gasteiger partial charge in [-0.05, 0) is 18.2 Å². The zero-order chi connectivity index (χ0) is 14.7. The largest absolute Gasteiger partial charge is 0.378 e. The van der Waals surface area contributed by atoms with E-state index in [0.29, 0.717) is 34.9 Å². The van der Waals surface area contributed by atoms with Gasteiger partial charge < -0.3 is 15.0 Å². The van der Waals surface area contributed by atoms with Gasteiger partial charge in [-0.1, -0.05) is 23.2 Å². The Morgan fingerprint density at radius 2 is 1.81 bits per heavy atom. The first-order valence-electron chi connectivity index (χ1n) is 6.46. The molecule has 0 saturated carbocycles. The van der Waals surface area contributed by atoms with Crippen LogP contribution in [-0.4, -0.2) is 41.5 Å². The molecule has 1 N–H and O–H groups in total. The van der Waals surface area contributed by atoms with E-state index in [1.807, 2.05) is 0 Å². The molecule has 0 radical (unpaired) electrons. The minimum atomic E-state index is 0.400. The van der Waals surface area contributed by atoms with Crippen molar-refractivity contribution in [2.24, 2.45) is 0 Å². The first-order valence-corrected chi connectivity index (χ1v) is 7.22. The minimum Gasteiger partial charge on any atom is -0.378 e. The SMILES string of the molecule is Clc1cc(Cl)cc(Nc2nncc(N3CCOCC3)n2)c1. The molecule has 0 amide bonds. The van der Waals surface area contributed by atoms with Crippen molar-refractivity contribution in [1.82, 2.24) is 15.2 Å². The molecule has 21 heavy (non-hydrogen) atoms. The van der Waals surface area contributed by atoms with Crippen LogP contribution < -0.4 is 10.2 Å². The molecule has 1 aromatic carbocycles. The highest BCUT2D eigenvalue weighted by Crippen LogP contribution is 2.24. The second-order valence-corrected chi connectivity index (χ2v) is 5.39. The fourth-order valence-electron chi connectivity index (χ4n) is 2.05. The van der Waals surface area contributed by atoms with Gasteiger partial charge in [0.25, 0.3) is 0 Å². The number of rotatable bonds is 3. The van der Waals surface area contributed by atoms with E-state index < -0.39 is 0 Å². The van der Waals surface area contributed by atoms with Gasteiger partial charge in [0.1, 0.15) is 0 Å². The quantitative estimate of drug-likeness (QED) is 0.936. The zero-order valence-electron chi connectivity index (χ0n) is 11.1. The van der Waals surface area contributed by atoms with Crippen molar-refractivity contribution in [2.45, 2.75) is 0 Å². The maximum atomic E-state index is 5.97. The molecule has 2 aromatic rings. The molecular weight excluding hydrogens is 313 g/mol. The Morgan fingerprint density at radius 3 is 2.52 bits per heavy atom. The zero-order valence-corrected chi connectivity index (χ0v) is 12.6. The van der Waals surface area contributed by atoms with Crippen LogP contribution in [-0.2, 0) is 4.74 Å². The molecule has 2 heterocycles. The number of aromatic nitrogens is 3. The van der Waals surface area contributed by atoms with Crippen LogP contribution in [0.5, 0.6) is 0 Å². The lowest BCUT2D eigenvalue weighted by Gasteiger charge is -2.27. The Morgan fingerprint density at radius 1 is 1.10 bits per heavy atom. The average molecular weight is 326 g/mol. The van der Waals surface area contributed by atoms with Crippen molar-refractivity contribution in [3.63, 3.8) is 0 Å². The molecule has 0 atom stereocenters. The molecule has 0 unspecified atom stereocenters. The molecule has 3 rings (SSSR count). The smallest absolute Gasteiger partial charge is 0.249 e. The van der Waals surface area contributed by atoms with E-state index in [1.165, 1.54) is 0 Å². The van der Waals surface area contributed by atoms with Crippen LogP contribution >= 0.6 is 23.2 Å². The van der Waals surface area contributed by atoms with Crippen molar-refractivity contribution in [2.75, 3.05) is 36.5 Å². The van der Waals surface area contributed by atoms with E-state index in [1.54, 1.807) is 24.4 Å². The van der Waals surface area contributed by atoms with Gasteiger partial charge >= 0.3 is 0 Å². The van der Waals surface area contributed by atoms with Gasteiger partial charge in [0.15, 0.2) is 5.82 Å². The predicted molar refractivity (Wildman–Crippen MR) is 82.6 cm³/mol. The van der Waals surface area contributed by atoms with Crippen LogP contribution in [0, 0.1) is 0 Å². The first-order chi connectivity index (χ1) is 10.2. The topological polar surface area (TPSA) is 63.2 Å². The maximum Gasteiger partial charge on any atom is 0.249 e. The summed E-state index contributed by atoms with van der Waals surface area (Å²) in [5.74, 6) is 1.17. The summed E-state index contributed by atoms with van der Waals surface area (Å²) in [4.78, 5) is 6.56. The second-order valence-electron chi connectivity index (χ2n) is 4.52. The Bertz CT molecular complexity index is 613. The molecule has 8 heteroatoms. The number of hydrogen-bond acceptors (Lipinski definition) is 6. The van der Waals surface area contributed by atoms with E-state index in [0.717, 1.165) is 18.9 Å². The Balaban J connectivity index is 1.79. The second kappa shape index (κ2) is 6.43. The third kappa shape index (κ3) is 3.72. The summed E-state index contributed by atoms with van der Waals surface area (Å²) < 4.78 is 5.32. The van der Waals surface area contributed by atoms with Crippen molar-refractivity contribution in [1.29, 1.82) is 0 Å². The van der Waals surface area contributed by atoms with Crippen LogP contribution in [0.15, 0.2) is 24.4 Å². The number of benzene rings is 1. The summed E-state index contributed by atoms with van der Waals surface area (Å²) >= 11 is 11.9. The van der Waals surface area contributed by atoms with E-state index in [2.05, 4.69) is 25.4 Å². The molecule has 0 aliphatic carbocycles. The maximum absolute atomic E-state index is 5.97. The van der Waals surface area contributed by atoms with Crippen LogP contribution in [0.1, 0.15) is 0 Å². The van der Waals surface area contributed by atoms with Gasteiger partial charge in [0, 0.05) is 28.8 Å². The molecule has 110 valence electrons. The van der Waals surface area contributed by atoms with Gasteiger partial charge in [0.2, 0.25) is 5.95 Å². The number of ether oxygens (including phenoxy) is 1. The summed E-state index contributed by atoms with van der Waals surface area (Å²) in [5, 5.41) is 12.1. The number of nitrogens with one attached hydrogen (secondary N) is 1. The Labute approximate surface area is 132 Å². The molecule has 1 fully saturated rings. The summed E-state index contributed by atoms with van der Waals surface area (Å²) in [6.07, 6.45) is 1.64. The van der Waals surface area contributed by atoms with Crippen molar-refractivity contribution in [3.05, 3.63) is 34.4 Å². The molecule has 1 saturated heterocycles. The molecule has 1 aliphatic rings. The lowest BCUT2D eigenvalue weighted by molar-refractivity contribution is 0.122. The van der Waals surface area contributed by atoms with Crippen LogP contribution in [0.25, 0.3) is 0 Å². The van der Waals surface area contributed by atoms with Crippen molar-refractivity contribution in [3.8, 4) is 0 Å². The highest BCUT2D eigenvalue weighted by atomic mass is 35.5. The highest BCUT2D eigenvalue weighted by molar-refractivity contribution is 6.35. The van der Waals surface area contributed by atoms with Gasteiger partial charge in [-0.25, -0.2) is 0 Å². The van der Waals surface area contributed by atoms with Gasteiger partial charge in [-0.2, -0.15) is 10.1 Å². The first kappa shape index (κ1) is 14.3. The minimum absolute atomic E-state index is 0.400. The predicted octanol–water partition coefficient (Wildman–Crippen LogP) is 2.76. The normalized spacial score (nSPS) is 15.0. The van der Waals surface area contributed by atoms with E-state index in [9.17, 15) is 0 Å². The summed E-state index contributed by atoms with van der Waals surface area (Å²) in [7, 11) is 0. The lowest BCUT2D eigenvalue weighted by atomic mass is 10.3. The molecule has 1 aromatic heterocycles. The average Bonchev–Trinajstić information content (AvgIpc) is 2.47. The van der Waals surface area contributed by atoms with Gasteiger partial charge in [-0.3, -0.25) is 0 Å². The number of nitrogens with zero attached hydrogens (tertiary/aromatic N) is 4. The van der Waals surface area contributed by atoms with Crippen LogP contribution in [0.2, 0.25) is 10.0 Å². The monoisotopic (exact) mass is 325 g/mol. The summed E-state index contributed by atoms with van der Waals surface area (Å²) in [6, 6.07) is 5.16. The fraction of sp³-hybridized carbons (Fsp3) is 0.308. The lowest BCUT2D eigenvalue weighted by Crippen LogP contribution is -2.36. The van der Waals surface area contributed by atoms with Crippen molar-refractivity contribution >= 4 is 40.7 Å². The molecule has 6 nitrogen and oxygen atoms in total.